The molecular formula is C16H24ClNO2. The van der Waals surface area contributed by atoms with Crippen LogP contribution in [0.1, 0.15) is 44.1 Å². The van der Waals surface area contributed by atoms with Crippen molar-refractivity contribution in [3.8, 4) is 5.75 Å². The third kappa shape index (κ3) is 2.95. The van der Waals surface area contributed by atoms with Crippen molar-refractivity contribution in [2.24, 2.45) is 11.1 Å². The first-order valence-electron chi connectivity index (χ1n) is 7.23. The molecule has 20 heavy (non-hydrogen) atoms. The Hall–Kier alpha value is -0.770. The van der Waals surface area contributed by atoms with Crippen LogP contribution in [0.4, 0.5) is 0 Å². The minimum atomic E-state index is -0.470. The number of nitrogens with two attached hydrogens (primary N) is 1. The molecule has 1 aliphatic carbocycles. The Bertz CT molecular complexity index is 458. The van der Waals surface area contributed by atoms with Gasteiger partial charge in [-0.2, -0.15) is 0 Å². The lowest BCUT2D eigenvalue weighted by Gasteiger charge is -2.36. The molecule has 1 aromatic rings. The van der Waals surface area contributed by atoms with E-state index in [1.54, 1.807) is 13.2 Å². The van der Waals surface area contributed by atoms with Gasteiger partial charge in [0.1, 0.15) is 5.75 Å². The molecule has 112 valence electrons. The van der Waals surface area contributed by atoms with Crippen LogP contribution in [-0.2, 0) is 0 Å². The number of halogens is 1. The van der Waals surface area contributed by atoms with Crippen LogP contribution in [-0.4, -0.2) is 24.9 Å². The topological polar surface area (TPSA) is 55.5 Å². The molecule has 0 saturated heterocycles. The fraction of sp³-hybridized carbons (Fsp3) is 0.625. The van der Waals surface area contributed by atoms with E-state index in [1.165, 1.54) is 12.8 Å². The van der Waals surface area contributed by atoms with Crippen molar-refractivity contribution in [1.29, 1.82) is 0 Å². The molecule has 3 N–H and O–H groups in total. The van der Waals surface area contributed by atoms with Crippen molar-refractivity contribution in [2.75, 3.05) is 13.7 Å². The van der Waals surface area contributed by atoms with Crippen LogP contribution in [0.3, 0.4) is 0 Å². The molecule has 1 aromatic carbocycles. The number of rotatable bonds is 5. The molecule has 2 unspecified atom stereocenters. The van der Waals surface area contributed by atoms with Crippen molar-refractivity contribution in [3.63, 3.8) is 0 Å². The Morgan fingerprint density at radius 1 is 1.40 bits per heavy atom. The van der Waals surface area contributed by atoms with E-state index in [4.69, 9.17) is 22.1 Å². The predicted octanol–water partition coefficient (Wildman–Crippen LogP) is 3.33. The number of aliphatic hydroxyl groups is 1. The third-order valence-corrected chi connectivity index (χ3v) is 4.92. The summed E-state index contributed by atoms with van der Waals surface area (Å²) in [6.07, 6.45) is 3.98. The highest BCUT2D eigenvalue weighted by molar-refractivity contribution is 6.30. The number of ether oxygens (including phenoxy) is 1. The first kappa shape index (κ1) is 15.6. The Balaban J connectivity index is 2.34. The van der Waals surface area contributed by atoms with E-state index in [0.717, 1.165) is 24.2 Å². The highest BCUT2D eigenvalue weighted by Crippen LogP contribution is 2.46. The van der Waals surface area contributed by atoms with Crippen LogP contribution >= 0.6 is 11.6 Å². The molecule has 0 spiro atoms. The molecule has 2 rings (SSSR count). The van der Waals surface area contributed by atoms with E-state index < -0.39 is 6.10 Å². The summed E-state index contributed by atoms with van der Waals surface area (Å²) in [6.45, 7) is 2.54. The van der Waals surface area contributed by atoms with E-state index in [-0.39, 0.29) is 11.3 Å². The molecule has 0 aromatic heterocycles. The summed E-state index contributed by atoms with van der Waals surface area (Å²) in [6, 6.07) is 5.49. The number of hydrogen-bond donors (Lipinski definition) is 2. The van der Waals surface area contributed by atoms with E-state index in [9.17, 15) is 5.11 Å². The van der Waals surface area contributed by atoms with Crippen molar-refractivity contribution in [3.05, 3.63) is 28.8 Å². The molecule has 0 bridgehead atoms. The SMILES string of the molecule is COc1ccc(Cl)cc1C(CN)C(O)C1(C)CCCC1. The fourth-order valence-corrected chi connectivity index (χ4v) is 3.57. The number of benzene rings is 1. The van der Waals surface area contributed by atoms with Gasteiger partial charge in [-0.05, 0) is 36.5 Å². The second kappa shape index (κ2) is 6.33. The van der Waals surface area contributed by atoms with Gasteiger partial charge in [-0.25, -0.2) is 0 Å². The van der Waals surface area contributed by atoms with Crippen LogP contribution in [0.25, 0.3) is 0 Å². The van der Waals surface area contributed by atoms with Gasteiger partial charge in [-0.1, -0.05) is 31.4 Å². The van der Waals surface area contributed by atoms with Crippen LogP contribution in [0.15, 0.2) is 18.2 Å². The van der Waals surface area contributed by atoms with E-state index >= 15 is 0 Å². The zero-order valence-corrected chi connectivity index (χ0v) is 13.0. The molecule has 1 saturated carbocycles. The molecule has 1 aliphatic rings. The van der Waals surface area contributed by atoms with Gasteiger partial charge in [0.15, 0.2) is 0 Å². The number of aliphatic hydroxyl groups excluding tert-OH is 1. The molecule has 2 atom stereocenters. The summed E-state index contributed by atoms with van der Waals surface area (Å²) in [5.41, 5.74) is 6.79. The lowest BCUT2D eigenvalue weighted by molar-refractivity contribution is 0.0207. The van der Waals surface area contributed by atoms with Gasteiger partial charge < -0.3 is 15.6 Å². The zero-order valence-electron chi connectivity index (χ0n) is 12.2. The van der Waals surface area contributed by atoms with Crippen molar-refractivity contribution in [2.45, 2.75) is 44.6 Å². The minimum Gasteiger partial charge on any atom is -0.496 e. The maximum Gasteiger partial charge on any atom is 0.122 e. The van der Waals surface area contributed by atoms with E-state index in [0.29, 0.717) is 11.6 Å². The third-order valence-electron chi connectivity index (χ3n) is 4.69. The van der Waals surface area contributed by atoms with Crippen LogP contribution < -0.4 is 10.5 Å². The smallest absolute Gasteiger partial charge is 0.122 e. The average molecular weight is 298 g/mol. The van der Waals surface area contributed by atoms with E-state index in [1.807, 2.05) is 12.1 Å². The first-order chi connectivity index (χ1) is 9.51. The Kier molecular flexibility index (Phi) is 4.95. The van der Waals surface area contributed by atoms with Gasteiger partial charge in [0.2, 0.25) is 0 Å². The van der Waals surface area contributed by atoms with Gasteiger partial charge in [-0.3, -0.25) is 0 Å². The minimum absolute atomic E-state index is 0.0582. The maximum atomic E-state index is 10.9. The second-order valence-corrected chi connectivity index (χ2v) is 6.47. The molecule has 0 heterocycles. The standard InChI is InChI=1S/C16H24ClNO2/c1-16(7-3-4-8-16)15(19)13(10-18)12-9-11(17)5-6-14(12)20-2/h5-6,9,13,15,19H,3-4,7-8,10,18H2,1-2H3. The zero-order chi connectivity index (χ0) is 14.8. The van der Waals surface area contributed by atoms with Crippen LogP contribution in [0.2, 0.25) is 5.02 Å². The molecule has 0 aliphatic heterocycles. The summed E-state index contributed by atoms with van der Waals surface area (Å²) in [5, 5.41) is 11.5. The summed E-state index contributed by atoms with van der Waals surface area (Å²) >= 11 is 6.10. The van der Waals surface area contributed by atoms with Gasteiger partial charge in [0.25, 0.3) is 0 Å². The largest absolute Gasteiger partial charge is 0.496 e. The quantitative estimate of drug-likeness (QED) is 0.876. The number of hydrogen-bond acceptors (Lipinski definition) is 3. The summed E-state index contributed by atoms with van der Waals surface area (Å²) in [4.78, 5) is 0. The van der Waals surface area contributed by atoms with E-state index in [2.05, 4.69) is 6.92 Å². The summed E-state index contributed by atoms with van der Waals surface area (Å²) in [7, 11) is 1.63. The Labute approximate surface area is 126 Å². The molecule has 0 radical (unpaired) electrons. The molecule has 1 fully saturated rings. The predicted molar refractivity (Wildman–Crippen MR) is 82.4 cm³/mol. The van der Waals surface area contributed by atoms with Crippen molar-refractivity contribution < 1.29 is 9.84 Å². The molecule has 4 heteroatoms. The van der Waals surface area contributed by atoms with Gasteiger partial charge in [0.05, 0.1) is 13.2 Å². The van der Waals surface area contributed by atoms with Gasteiger partial charge >= 0.3 is 0 Å². The van der Waals surface area contributed by atoms with Crippen molar-refractivity contribution >= 4 is 11.6 Å². The Morgan fingerprint density at radius 3 is 2.60 bits per heavy atom. The lowest BCUT2D eigenvalue weighted by Crippen LogP contribution is -2.38. The monoisotopic (exact) mass is 297 g/mol. The van der Waals surface area contributed by atoms with Crippen LogP contribution in [0.5, 0.6) is 5.75 Å². The first-order valence-corrected chi connectivity index (χ1v) is 7.61. The van der Waals surface area contributed by atoms with Crippen molar-refractivity contribution in [1.82, 2.24) is 0 Å². The summed E-state index contributed by atoms with van der Waals surface area (Å²) in [5.74, 6) is 0.595. The van der Waals surface area contributed by atoms with Gasteiger partial charge in [0, 0.05) is 23.0 Å². The highest BCUT2D eigenvalue weighted by Gasteiger charge is 2.41. The fourth-order valence-electron chi connectivity index (χ4n) is 3.39. The average Bonchev–Trinajstić information content (AvgIpc) is 2.88. The highest BCUT2D eigenvalue weighted by atomic mass is 35.5. The maximum absolute atomic E-state index is 10.9. The summed E-state index contributed by atoms with van der Waals surface area (Å²) < 4.78 is 5.40. The Morgan fingerprint density at radius 2 is 2.05 bits per heavy atom. The number of methoxy groups -OCH3 is 1. The second-order valence-electron chi connectivity index (χ2n) is 6.03. The van der Waals surface area contributed by atoms with Gasteiger partial charge in [-0.15, -0.1) is 0 Å². The molecule has 0 amide bonds. The normalized spacial score (nSPS) is 20.6. The molecular weight excluding hydrogens is 274 g/mol. The molecule has 3 nitrogen and oxygen atoms in total. The van der Waals surface area contributed by atoms with Crippen LogP contribution in [0, 0.1) is 5.41 Å². The lowest BCUT2D eigenvalue weighted by atomic mass is 9.74.